The van der Waals surface area contributed by atoms with E-state index in [9.17, 15) is 19.7 Å². The van der Waals surface area contributed by atoms with Gasteiger partial charge in [0.15, 0.2) is 6.10 Å². The smallest absolute Gasteiger partial charge is 0.339 e. The van der Waals surface area contributed by atoms with Crippen molar-refractivity contribution in [2.24, 2.45) is 0 Å². The number of ether oxygens (including phenoxy) is 1. The molecule has 0 bridgehead atoms. The van der Waals surface area contributed by atoms with Gasteiger partial charge in [-0.15, -0.1) is 11.8 Å². The monoisotopic (exact) mass is 400 g/mol. The number of carbonyl (C=O) groups is 2. The summed E-state index contributed by atoms with van der Waals surface area (Å²) in [6.45, 7) is 3.45. The van der Waals surface area contributed by atoms with Crippen LogP contribution in [0.25, 0.3) is 0 Å². The van der Waals surface area contributed by atoms with Crippen molar-refractivity contribution >= 4 is 35.0 Å². The number of hydrogen-bond donors (Lipinski definition) is 0. The number of fused-ring (bicyclic) bond motifs is 1. The Morgan fingerprint density at radius 1 is 1.29 bits per heavy atom. The Morgan fingerprint density at radius 2 is 2.00 bits per heavy atom. The summed E-state index contributed by atoms with van der Waals surface area (Å²) in [7, 11) is 0. The number of nitro benzene ring substituents is 1. The second-order valence-corrected chi connectivity index (χ2v) is 7.43. The largest absolute Gasteiger partial charge is 0.449 e. The van der Waals surface area contributed by atoms with Crippen LogP contribution >= 0.6 is 11.8 Å². The third kappa shape index (κ3) is 3.73. The quantitative estimate of drug-likeness (QED) is 0.328. The lowest BCUT2D eigenvalue weighted by molar-refractivity contribution is -0.387. The maximum absolute atomic E-state index is 12.9. The molecule has 1 aliphatic heterocycles. The van der Waals surface area contributed by atoms with Crippen molar-refractivity contribution in [2.75, 3.05) is 11.2 Å². The van der Waals surface area contributed by atoms with Gasteiger partial charge in [-0.3, -0.25) is 14.9 Å². The Bertz CT molecular complexity index is 946. The summed E-state index contributed by atoms with van der Waals surface area (Å²) >= 11 is 1.22. The van der Waals surface area contributed by atoms with Crippen molar-refractivity contribution in [1.82, 2.24) is 0 Å². The van der Waals surface area contributed by atoms with Gasteiger partial charge in [-0.2, -0.15) is 0 Å². The SMILES string of the molecule is CSc1ccc(C(=O)O[C@H](C)C(=O)N2c3ccccc3C[C@@H]2C)cc1[N+](=O)[O-]. The van der Waals surface area contributed by atoms with Gasteiger partial charge in [0.25, 0.3) is 11.6 Å². The van der Waals surface area contributed by atoms with E-state index in [1.807, 2.05) is 31.2 Å². The zero-order valence-corrected chi connectivity index (χ0v) is 16.6. The highest BCUT2D eigenvalue weighted by atomic mass is 32.2. The molecule has 7 nitrogen and oxygen atoms in total. The summed E-state index contributed by atoms with van der Waals surface area (Å²) in [5.41, 5.74) is 1.77. The lowest BCUT2D eigenvalue weighted by Gasteiger charge is -2.25. The zero-order chi connectivity index (χ0) is 20.4. The number of carbonyl (C=O) groups excluding carboxylic acids is 2. The molecule has 2 atom stereocenters. The molecule has 0 aromatic heterocycles. The van der Waals surface area contributed by atoms with Crippen LogP contribution < -0.4 is 4.90 Å². The second-order valence-electron chi connectivity index (χ2n) is 6.58. The van der Waals surface area contributed by atoms with E-state index in [0.29, 0.717) is 4.90 Å². The number of benzene rings is 2. The van der Waals surface area contributed by atoms with Crippen LogP contribution in [0.15, 0.2) is 47.4 Å². The minimum absolute atomic E-state index is 0.0343. The molecule has 1 heterocycles. The van der Waals surface area contributed by atoms with E-state index in [0.717, 1.165) is 17.7 Å². The molecule has 0 fully saturated rings. The van der Waals surface area contributed by atoms with Gasteiger partial charge in [0, 0.05) is 17.8 Å². The number of rotatable bonds is 5. The topological polar surface area (TPSA) is 89.8 Å². The van der Waals surface area contributed by atoms with E-state index in [4.69, 9.17) is 4.74 Å². The van der Waals surface area contributed by atoms with Crippen LogP contribution in [0, 0.1) is 10.1 Å². The van der Waals surface area contributed by atoms with Crippen molar-refractivity contribution in [3.63, 3.8) is 0 Å². The van der Waals surface area contributed by atoms with Gasteiger partial charge >= 0.3 is 5.97 Å². The van der Waals surface area contributed by atoms with E-state index >= 15 is 0 Å². The summed E-state index contributed by atoms with van der Waals surface area (Å²) < 4.78 is 5.32. The molecule has 28 heavy (non-hydrogen) atoms. The summed E-state index contributed by atoms with van der Waals surface area (Å²) in [5, 5.41) is 11.2. The Hall–Kier alpha value is -2.87. The van der Waals surface area contributed by atoms with E-state index in [1.54, 1.807) is 11.2 Å². The van der Waals surface area contributed by atoms with Crippen molar-refractivity contribution in [3.8, 4) is 0 Å². The van der Waals surface area contributed by atoms with Gasteiger partial charge < -0.3 is 9.64 Å². The number of thioether (sulfide) groups is 1. The molecule has 0 spiro atoms. The Morgan fingerprint density at radius 3 is 2.68 bits per heavy atom. The summed E-state index contributed by atoms with van der Waals surface area (Å²) in [6.07, 6.45) is 1.45. The van der Waals surface area contributed by atoms with E-state index in [-0.39, 0.29) is 23.2 Å². The molecule has 3 rings (SSSR count). The minimum atomic E-state index is -1.01. The molecule has 2 aromatic rings. The summed E-state index contributed by atoms with van der Waals surface area (Å²) in [6, 6.07) is 11.7. The molecule has 0 saturated heterocycles. The molecule has 1 amide bonds. The fourth-order valence-corrected chi connectivity index (χ4v) is 3.88. The van der Waals surface area contributed by atoms with Gasteiger partial charge in [-0.1, -0.05) is 18.2 Å². The first-order valence-corrected chi connectivity index (χ1v) is 10.00. The number of esters is 1. The minimum Gasteiger partial charge on any atom is -0.449 e. The van der Waals surface area contributed by atoms with Crippen molar-refractivity contribution < 1.29 is 19.2 Å². The van der Waals surface area contributed by atoms with Crippen LogP contribution in [0.2, 0.25) is 0 Å². The lowest BCUT2D eigenvalue weighted by Crippen LogP contribution is -2.43. The molecule has 0 saturated carbocycles. The van der Waals surface area contributed by atoms with Crippen LogP contribution in [0.4, 0.5) is 11.4 Å². The molecule has 146 valence electrons. The number of nitrogens with zero attached hydrogens (tertiary/aromatic N) is 2. The zero-order valence-electron chi connectivity index (χ0n) is 15.7. The highest BCUT2D eigenvalue weighted by molar-refractivity contribution is 7.98. The van der Waals surface area contributed by atoms with Crippen molar-refractivity contribution in [3.05, 3.63) is 63.7 Å². The van der Waals surface area contributed by atoms with E-state index < -0.39 is 17.0 Å². The Labute approximate surface area is 166 Å². The molecular formula is C20H20N2O5S. The van der Waals surface area contributed by atoms with Crippen LogP contribution in [0.3, 0.4) is 0 Å². The van der Waals surface area contributed by atoms with Gasteiger partial charge in [0.05, 0.1) is 15.4 Å². The number of anilines is 1. The standard InChI is InChI=1S/C20H20N2O5S/c1-12-10-14-6-4-5-7-16(14)21(12)19(23)13(2)27-20(24)15-8-9-18(28-3)17(11-15)22(25)26/h4-9,11-13H,10H2,1-3H3/t12-,13+/m0/s1. The number of para-hydroxylation sites is 1. The van der Waals surface area contributed by atoms with Crippen molar-refractivity contribution in [2.45, 2.75) is 37.3 Å². The number of amides is 1. The first-order valence-electron chi connectivity index (χ1n) is 8.78. The van der Waals surface area contributed by atoms with Crippen LogP contribution in [-0.4, -0.2) is 35.2 Å². The van der Waals surface area contributed by atoms with Gasteiger partial charge in [-0.25, -0.2) is 4.79 Å². The molecule has 8 heteroatoms. The summed E-state index contributed by atoms with van der Waals surface area (Å²) in [4.78, 5) is 38.1. The fraction of sp³-hybridized carbons (Fsp3) is 0.300. The van der Waals surface area contributed by atoms with Crippen molar-refractivity contribution in [1.29, 1.82) is 0 Å². The van der Waals surface area contributed by atoms with Crippen LogP contribution in [0.5, 0.6) is 0 Å². The van der Waals surface area contributed by atoms with Gasteiger partial charge in [0.1, 0.15) is 0 Å². The maximum atomic E-state index is 12.9. The normalized spacial score (nSPS) is 16.4. The Kier molecular flexibility index (Phi) is 5.69. The molecule has 0 radical (unpaired) electrons. The summed E-state index contributed by atoms with van der Waals surface area (Å²) in [5.74, 6) is -1.09. The molecule has 0 aliphatic carbocycles. The van der Waals surface area contributed by atoms with E-state index in [2.05, 4.69) is 0 Å². The van der Waals surface area contributed by atoms with E-state index in [1.165, 1.54) is 36.9 Å². The average molecular weight is 400 g/mol. The average Bonchev–Trinajstić information content (AvgIpc) is 3.02. The predicted molar refractivity (Wildman–Crippen MR) is 107 cm³/mol. The van der Waals surface area contributed by atoms with Gasteiger partial charge in [-0.05, 0) is 50.3 Å². The molecule has 0 N–H and O–H groups in total. The maximum Gasteiger partial charge on any atom is 0.339 e. The molecule has 2 aromatic carbocycles. The molecule has 1 aliphatic rings. The first kappa shape index (κ1) is 19.9. The third-order valence-electron chi connectivity index (χ3n) is 4.69. The predicted octanol–water partition coefficient (Wildman–Crippen LogP) is 3.84. The lowest BCUT2D eigenvalue weighted by atomic mass is 10.1. The molecular weight excluding hydrogens is 380 g/mol. The highest BCUT2D eigenvalue weighted by Crippen LogP contribution is 2.33. The highest BCUT2D eigenvalue weighted by Gasteiger charge is 2.34. The van der Waals surface area contributed by atoms with Gasteiger partial charge in [0.2, 0.25) is 0 Å². The van der Waals surface area contributed by atoms with Crippen LogP contribution in [0.1, 0.15) is 29.8 Å². The second kappa shape index (κ2) is 8.02. The third-order valence-corrected chi connectivity index (χ3v) is 5.47. The van der Waals surface area contributed by atoms with Crippen LogP contribution in [-0.2, 0) is 16.0 Å². The number of nitro groups is 1. The fourth-order valence-electron chi connectivity index (χ4n) is 3.34. The molecule has 0 unspecified atom stereocenters. The number of hydrogen-bond acceptors (Lipinski definition) is 6. The first-order chi connectivity index (χ1) is 13.3. The Balaban J connectivity index is 1.77.